The first kappa shape index (κ1) is 12.4. The van der Waals surface area contributed by atoms with Gasteiger partial charge in [-0.2, -0.15) is 0 Å². The van der Waals surface area contributed by atoms with E-state index in [0.29, 0.717) is 12.2 Å². The molecule has 0 radical (unpaired) electrons. The summed E-state index contributed by atoms with van der Waals surface area (Å²) in [4.78, 5) is 16.4. The molecule has 1 aliphatic heterocycles. The highest BCUT2D eigenvalue weighted by atomic mass is 16.1. The van der Waals surface area contributed by atoms with Gasteiger partial charge in [0.15, 0.2) is 5.78 Å². The summed E-state index contributed by atoms with van der Waals surface area (Å²) in [6.45, 7) is 8.66. The van der Waals surface area contributed by atoms with Gasteiger partial charge >= 0.3 is 0 Å². The second-order valence-corrected chi connectivity index (χ2v) is 4.71. The van der Waals surface area contributed by atoms with E-state index in [1.54, 1.807) is 0 Å². The fraction of sp³-hybridized carbons (Fsp3) is 0.750. The summed E-state index contributed by atoms with van der Waals surface area (Å²) in [5.74, 6) is 0.304. The van der Waals surface area contributed by atoms with E-state index in [2.05, 4.69) is 23.4 Å². The first-order valence-electron chi connectivity index (χ1n) is 5.56. The Bertz CT molecular complexity index is 250. The van der Waals surface area contributed by atoms with Crippen LogP contribution in [0.2, 0.25) is 0 Å². The zero-order valence-corrected chi connectivity index (χ0v) is 10.1. The molecule has 0 spiro atoms. The number of hydrogen-bond acceptors (Lipinski definition) is 3. The van der Waals surface area contributed by atoms with E-state index in [1.165, 1.54) is 0 Å². The molecule has 1 saturated heterocycles. The standard InChI is InChI=1S/C12H22N2O/c1-10(2)8-12(15)11-9-13(3)6-5-7-14(11)4/h11H,1,5-9H2,2-4H3. The smallest absolute Gasteiger partial charge is 0.155 e. The summed E-state index contributed by atoms with van der Waals surface area (Å²) in [5, 5.41) is 0. The molecule has 1 unspecified atom stereocenters. The van der Waals surface area contributed by atoms with Crippen LogP contribution in [0.3, 0.4) is 0 Å². The zero-order chi connectivity index (χ0) is 11.4. The molecule has 3 heteroatoms. The fourth-order valence-corrected chi connectivity index (χ4v) is 2.03. The van der Waals surface area contributed by atoms with Gasteiger partial charge in [0, 0.05) is 13.0 Å². The third kappa shape index (κ3) is 3.76. The van der Waals surface area contributed by atoms with E-state index in [0.717, 1.165) is 31.6 Å². The topological polar surface area (TPSA) is 23.6 Å². The number of allylic oxidation sites excluding steroid dienone is 1. The van der Waals surface area contributed by atoms with Crippen LogP contribution in [0.4, 0.5) is 0 Å². The van der Waals surface area contributed by atoms with E-state index in [-0.39, 0.29) is 6.04 Å². The molecule has 0 aliphatic carbocycles. The monoisotopic (exact) mass is 210 g/mol. The number of nitrogens with zero attached hydrogens (tertiary/aromatic N) is 2. The molecular formula is C12H22N2O. The third-order valence-electron chi connectivity index (χ3n) is 2.91. The van der Waals surface area contributed by atoms with Gasteiger partial charge in [-0.3, -0.25) is 9.69 Å². The minimum Gasteiger partial charge on any atom is -0.304 e. The number of ketones is 1. The van der Waals surface area contributed by atoms with Gasteiger partial charge in [0.05, 0.1) is 6.04 Å². The summed E-state index contributed by atoms with van der Waals surface area (Å²) in [6, 6.07) is 0.0502. The molecule has 0 N–H and O–H groups in total. The molecule has 0 bridgehead atoms. The van der Waals surface area contributed by atoms with Gasteiger partial charge in [0.25, 0.3) is 0 Å². The highest BCUT2D eigenvalue weighted by Crippen LogP contribution is 2.11. The lowest BCUT2D eigenvalue weighted by Gasteiger charge is -2.26. The van der Waals surface area contributed by atoms with Crippen molar-refractivity contribution in [2.75, 3.05) is 33.7 Å². The van der Waals surface area contributed by atoms with E-state index < -0.39 is 0 Å². The van der Waals surface area contributed by atoms with Crippen molar-refractivity contribution in [3.8, 4) is 0 Å². The Balaban J connectivity index is 2.63. The molecule has 0 saturated carbocycles. The first-order chi connectivity index (χ1) is 7.00. The van der Waals surface area contributed by atoms with Crippen LogP contribution in [0.25, 0.3) is 0 Å². The minimum absolute atomic E-state index is 0.0502. The van der Waals surface area contributed by atoms with E-state index in [9.17, 15) is 4.79 Å². The molecule has 15 heavy (non-hydrogen) atoms. The van der Waals surface area contributed by atoms with Crippen molar-refractivity contribution in [1.29, 1.82) is 0 Å². The van der Waals surface area contributed by atoms with Gasteiger partial charge < -0.3 is 4.90 Å². The molecule has 0 aromatic heterocycles. The molecule has 1 aliphatic rings. The van der Waals surface area contributed by atoms with Crippen molar-refractivity contribution in [2.24, 2.45) is 0 Å². The maximum atomic E-state index is 12.0. The molecule has 1 fully saturated rings. The van der Waals surface area contributed by atoms with Crippen LogP contribution in [0.1, 0.15) is 19.8 Å². The van der Waals surface area contributed by atoms with Gasteiger partial charge in [-0.15, -0.1) is 0 Å². The molecule has 1 atom stereocenters. The van der Waals surface area contributed by atoms with Crippen LogP contribution in [0, 0.1) is 0 Å². The van der Waals surface area contributed by atoms with Crippen molar-refractivity contribution in [3.05, 3.63) is 12.2 Å². The highest BCUT2D eigenvalue weighted by molar-refractivity contribution is 5.86. The number of carbonyl (C=O) groups excluding carboxylic acids is 1. The van der Waals surface area contributed by atoms with Crippen LogP contribution in [-0.2, 0) is 4.79 Å². The summed E-state index contributed by atoms with van der Waals surface area (Å²) < 4.78 is 0. The van der Waals surface area contributed by atoms with Gasteiger partial charge in [-0.1, -0.05) is 12.2 Å². The van der Waals surface area contributed by atoms with Gasteiger partial charge in [-0.05, 0) is 40.5 Å². The van der Waals surface area contributed by atoms with Crippen molar-refractivity contribution in [3.63, 3.8) is 0 Å². The first-order valence-corrected chi connectivity index (χ1v) is 5.56. The Morgan fingerprint density at radius 3 is 2.67 bits per heavy atom. The lowest BCUT2D eigenvalue weighted by molar-refractivity contribution is -0.123. The predicted octanol–water partition coefficient (Wildman–Crippen LogP) is 1.16. The maximum absolute atomic E-state index is 12.0. The normalized spacial score (nSPS) is 24.9. The molecule has 1 rings (SSSR count). The number of carbonyl (C=O) groups is 1. The van der Waals surface area contributed by atoms with Crippen LogP contribution in [0.15, 0.2) is 12.2 Å². The third-order valence-corrected chi connectivity index (χ3v) is 2.91. The van der Waals surface area contributed by atoms with Crippen molar-refractivity contribution >= 4 is 5.78 Å². The van der Waals surface area contributed by atoms with E-state index >= 15 is 0 Å². The molecule has 3 nitrogen and oxygen atoms in total. The lowest BCUT2D eigenvalue weighted by atomic mass is 10.0. The molecule has 0 amide bonds. The van der Waals surface area contributed by atoms with E-state index in [4.69, 9.17) is 0 Å². The SMILES string of the molecule is C=C(C)CC(=O)C1CN(C)CCCN1C. The minimum atomic E-state index is 0.0502. The summed E-state index contributed by atoms with van der Waals surface area (Å²) in [7, 11) is 4.13. The predicted molar refractivity (Wildman–Crippen MR) is 63.0 cm³/mol. The Morgan fingerprint density at radius 1 is 1.40 bits per heavy atom. The number of likely N-dealkylation sites (N-methyl/N-ethyl adjacent to an activating group) is 2. The molecule has 1 heterocycles. The second-order valence-electron chi connectivity index (χ2n) is 4.71. The number of Topliss-reactive ketones (excluding diaryl/α,β-unsaturated/α-hetero) is 1. The summed E-state index contributed by atoms with van der Waals surface area (Å²) >= 11 is 0. The lowest BCUT2D eigenvalue weighted by Crippen LogP contribution is -2.43. The van der Waals surface area contributed by atoms with Gasteiger partial charge in [0.1, 0.15) is 0 Å². The van der Waals surface area contributed by atoms with Gasteiger partial charge in [-0.25, -0.2) is 0 Å². The summed E-state index contributed by atoms with van der Waals surface area (Å²) in [5.41, 5.74) is 0.959. The molecule has 86 valence electrons. The molecular weight excluding hydrogens is 188 g/mol. The Hall–Kier alpha value is -0.670. The second kappa shape index (κ2) is 5.42. The number of hydrogen-bond donors (Lipinski definition) is 0. The largest absolute Gasteiger partial charge is 0.304 e. The van der Waals surface area contributed by atoms with Crippen LogP contribution >= 0.6 is 0 Å². The quantitative estimate of drug-likeness (QED) is 0.653. The van der Waals surface area contributed by atoms with Crippen LogP contribution in [-0.4, -0.2) is 55.4 Å². The van der Waals surface area contributed by atoms with E-state index in [1.807, 2.05) is 14.0 Å². The molecule has 0 aromatic rings. The zero-order valence-electron chi connectivity index (χ0n) is 10.1. The van der Waals surface area contributed by atoms with Gasteiger partial charge in [0.2, 0.25) is 0 Å². The Kier molecular flexibility index (Phi) is 4.48. The summed E-state index contributed by atoms with van der Waals surface area (Å²) in [6.07, 6.45) is 1.66. The van der Waals surface area contributed by atoms with Crippen molar-refractivity contribution in [2.45, 2.75) is 25.8 Å². The Labute approximate surface area is 92.7 Å². The average molecular weight is 210 g/mol. The van der Waals surface area contributed by atoms with Crippen LogP contribution in [0.5, 0.6) is 0 Å². The Morgan fingerprint density at radius 2 is 2.07 bits per heavy atom. The highest BCUT2D eigenvalue weighted by Gasteiger charge is 2.26. The number of rotatable bonds is 3. The van der Waals surface area contributed by atoms with Crippen LogP contribution < -0.4 is 0 Å². The van der Waals surface area contributed by atoms with Crippen molar-refractivity contribution in [1.82, 2.24) is 9.80 Å². The average Bonchev–Trinajstić information content (AvgIpc) is 2.27. The maximum Gasteiger partial charge on any atom is 0.155 e. The van der Waals surface area contributed by atoms with Crippen molar-refractivity contribution < 1.29 is 4.79 Å². The molecule has 0 aromatic carbocycles. The fourth-order valence-electron chi connectivity index (χ4n) is 2.03.